The number of aryl methyl sites for hydroxylation is 2. The van der Waals surface area contributed by atoms with E-state index in [1.807, 2.05) is 42.6 Å². The number of aromatic nitrogens is 4. The van der Waals surface area contributed by atoms with Crippen LogP contribution in [0.5, 0.6) is 0 Å². The molecule has 3 heterocycles. The smallest absolute Gasteiger partial charge is 0.165 e. The van der Waals surface area contributed by atoms with E-state index in [1.165, 1.54) is 22.3 Å². The van der Waals surface area contributed by atoms with Crippen LogP contribution < -0.4 is 0 Å². The van der Waals surface area contributed by atoms with Gasteiger partial charge in [-0.25, -0.2) is 9.97 Å². The van der Waals surface area contributed by atoms with Gasteiger partial charge in [0.25, 0.3) is 0 Å². The van der Waals surface area contributed by atoms with E-state index in [9.17, 15) is 0 Å². The van der Waals surface area contributed by atoms with Gasteiger partial charge in [0.2, 0.25) is 0 Å². The molecule has 196 valence electrons. The van der Waals surface area contributed by atoms with E-state index in [0.29, 0.717) is 0 Å². The Kier molecular flexibility index (Phi) is 6.21. The summed E-state index contributed by atoms with van der Waals surface area (Å²) in [7, 11) is 0. The van der Waals surface area contributed by atoms with Crippen molar-refractivity contribution < 1.29 is 0 Å². The van der Waals surface area contributed by atoms with Crippen molar-refractivity contribution >= 4 is 11.2 Å². The van der Waals surface area contributed by atoms with Crippen LogP contribution in [0.1, 0.15) is 11.1 Å². The standard InChI is InChI=1S/C37H28N4/c1-25-22-30(27-12-5-3-6-13-27)23-26(2)35(25)37-40-34-20-19-33(28-14-7-4-8-15-28)39-36(34)41(37)31-17-11-16-29(24-31)32-18-9-10-21-38-32/h3-24H,1-2H3. The maximum Gasteiger partial charge on any atom is 0.165 e. The summed E-state index contributed by atoms with van der Waals surface area (Å²) in [6.07, 6.45) is 1.83. The van der Waals surface area contributed by atoms with Gasteiger partial charge in [0.15, 0.2) is 5.65 Å². The molecule has 4 heteroatoms. The average molecular weight is 529 g/mol. The molecular formula is C37H28N4. The Balaban J connectivity index is 1.47. The molecule has 4 aromatic carbocycles. The summed E-state index contributed by atoms with van der Waals surface area (Å²) in [6, 6.07) is 43.9. The van der Waals surface area contributed by atoms with Gasteiger partial charge >= 0.3 is 0 Å². The largest absolute Gasteiger partial charge is 0.277 e. The molecule has 0 atom stereocenters. The Morgan fingerprint density at radius 2 is 1.20 bits per heavy atom. The van der Waals surface area contributed by atoms with Crippen LogP contribution in [0, 0.1) is 13.8 Å². The van der Waals surface area contributed by atoms with Crippen LogP contribution in [-0.2, 0) is 0 Å². The number of hydrogen-bond donors (Lipinski definition) is 0. The first kappa shape index (κ1) is 24.7. The number of rotatable bonds is 5. The van der Waals surface area contributed by atoms with Crippen molar-refractivity contribution in [3.63, 3.8) is 0 Å². The predicted octanol–water partition coefficient (Wildman–Crippen LogP) is 9.10. The van der Waals surface area contributed by atoms with E-state index >= 15 is 0 Å². The molecule has 3 aromatic heterocycles. The van der Waals surface area contributed by atoms with Gasteiger partial charge in [-0.15, -0.1) is 0 Å². The third kappa shape index (κ3) is 4.60. The topological polar surface area (TPSA) is 43.6 Å². The van der Waals surface area contributed by atoms with Crippen molar-refractivity contribution in [2.75, 3.05) is 0 Å². The van der Waals surface area contributed by atoms with Gasteiger partial charge in [0.1, 0.15) is 11.3 Å². The molecule has 7 aromatic rings. The van der Waals surface area contributed by atoms with E-state index in [-0.39, 0.29) is 0 Å². The van der Waals surface area contributed by atoms with Crippen LogP contribution >= 0.6 is 0 Å². The van der Waals surface area contributed by atoms with Crippen molar-refractivity contribution in [1.82, 2.24) is 19.5 Å². The lowest BCUT2D eigenvalue weighted by molar-refractivity contribution is 1.07. The summed E-state index contributed by atoms with van der Waals surface area (Å²) in [6.45, 7) is 4.34. The minimum absolute atomic E-state index is 0.824. The van der Waals surface area contributed by atoms with E-state index in [1.54, 1.807) is 0 Å². The Labute approximate surface area is 239 Å². The van der Waals surface area contributed by atoms with Crippen molar-refractivity contribution in [1.29, 1.82) is 0 Å². The second kappa shape index (κ2) is 10.3. The predicted molar refractivity (Wildman–Crippen MR) is 168 cm³/mol. The highest BCUT2D eigenvalue weighted by atomic mass is 15.1. The molecule has 0 aliphatic rings. The molecule has 4 nitrogen and oxygen atoms in total. The van der Waals surface area contributed by atoms with E-state index in [2.05, 4.69) is 114 Å². The molecule has 0 amide bonds. The molecular weight excluding hydrogens is 500 g/mol. The highest BCUT2D eigenvalue weighted by Crippen LogP contribution is 2.36. The Hall–Kier alpha value is -5.35. The fraction of sp³-hybridized carbons (Fsp3) is 0.0541. The first-order chi connectivity index (χ1) is 20.2. The van der Waals surface area contributed by atoms with Crippen LogP contribution in [0.2, 0.25) is 0 Å². The van der Waals surface area contributed by atoms with E-state index in [4.69, 9.17) is 9.97 Å². The van der Waals surface area contributed by atoms with Gasteiger partial charge in [-0.1, -0.05) is 91.0 Å². The first-order valence-corrected chi connectivity index (χ1v) is 13.8. The molecule has 0 bridgehead atoms. The van der Waals surface area contributed by atoms with Crippen molar-refractivity contribution in [2.45, 2.75) is 13.8 Å². The summed E-state index contributed by atoms with van der Waals surface area (Å²) in [5, 5.41) is 0. The van der Waals surface area contributed by atoms with Crippen LogP contribution in [0.4, 0.5) is 0 Å². The number of imidazole rings is 1. The molecule has 7 rings (SSSR count). The minimum Gasteiger partial charge on any atom is -0.277 e. The lowest BCUT2D eigenvalue weighted by Crippen LogP contribution is -2.02. The average Bonchev–Trinajstić information content (AvgIpc) is 3.40. The SMILES string of the molecule is Cc1cc(-c2ccccc2)cc(C)c1-c1nc2ccc(-c3ccccc3)nc2n1-c1cccc(-c2ccccn2)c1. The quantitative estimate of drug-likeness (QED) is 0.224. The van der Waals surface area contributed by atoms with Crippen molar-refractivity contribution in [2.24, 2.45) is 0 Å². The zero-order valence-corrected chi connectivity index (χ0v) is 23.0. The van der Waals surface area contributed by atoms with Gasteiger partial charge in [-0.3, -0.25) is 9.55 Å². The van der Waals surface area contributed by atoms with Gasteiger partial charge in [-0.2, -0.15) is 0 Å². The highest BCUT2D eigenvalue weighted by Gasteiger charge is 2.20. The Morgan fingerprint density at radius 1 is 0.512 bits per heavy atom. The zero-order chi connectivity index (χ0) is 27.8. The van der Waals surface area contributed by atoms with Gasteiger partial charge in [0.05, 0.1) is 11.4 Å². The second-order valence-electron chi connectivity index (χ2n) is 10.3. The number of benzene rings is 4. The maximum atomic E-state index is 5.21. The maximum absolute atomic E-state index is 5.21. The van der Waals surface area contributed by atoms with Crippen LogP contribution in [-0.4, -0.2) is 19.5 Å². The summed E-state index contributed by atoms with van der Waals surface area (Å²) < 4.78 is 2.20. The van der Waals surface area contributed by atoms with Crippen molar-refractivity contribution in [3.8, 4) is 50.7 Å². The molecule has 0 saturated heterocycles. The summed E-state index contributed by atoms with van der Waals surface area (Å²) >= 11 is 0. The molecule has 0 fully saturated rings. The Bertz CT molecular complexity index is 1970. The van der Waals surface area contributed by atoms with E-state index in [0.717, 1.165) is 50.8 Å². The molecule has 0 aliphatic carbocycles. The lowest BCUT2D eigenvalue weighted by Gasteiger charge is -2.16. The molecule has 0 aliphatic heterocycles. The monoisotopic (exact) mass is 528 g/mol. The fourth-order valence-electron chi connectivity index (χ4n) is 5.59. The number of nitrogens with zero attached hydrogens (tertiary/aromatic N) is 4. The third-order valence-corrected chi connectivity index (χ3v) is 7.50. The van der Waals surface area contributed by atoms with Gasteiger partial charge < -0.3 is 0 Å². The molecule has 0 N–H and O–H groups in total. The van der Waals surface area contributed by atoms with Gasteiger partial charge in [-0.05, 0) is 72.5 Å². The summed E-state index contributed by atoms with van der Waals surface area (Å²) in [4.78, 5) is 15.0. The third-order valence-electron chi connectivity index (χ3n) is 7.50. The van der Waals surface area contributed by atoms with Crippen LogP contribution in [0.15, 0.2) is 134 Å². The molecule has 0 radical (unpaired) electrons. The van der Waals surface area contributed by atoms with E-state index < -0.39 is 0 Å². The van der Waals surface area contributed by atoms with Crippen LogP contribution in [0.3, 0.4) is 0 Å². The molecule has 0 saturated carbocycles. The number of fused-ring (bicyclic) bond motifs is 1. The minimum atomic E-state index is 0.824. The molecule has 41 heavy (non-hydrogen) atoms. The normalized spacial score (nSPS) is 11.2. The van der Waals surface area contributed by atoms with Gasteiger partial charge in [0, 0.05) is 28.6 Å². The summed E-state index contributed by atoms with van der Waals surface area (Å²) in [5.74, 6) is 0.880. The van der Waals surface area contributed by atoms with Crippen molar-refractivity contribution in [3.05, 3.63) is 145 Å². The lowest BCUT2D eigenvalue weighted by atomic mass is 9.95. The zero-order valence-electron chi connectivity index (χ0n) is 23.0. The number of hydrogen-bond acceptors (Lipinski definition) is 3. The number of pyridine rings is 2. The molecule has 0 spiro atoms. The fourth-order valence-corrected chi connectivity index (χ4v) is 5.59. The first-order valence-electron chi connectivity index (χ1n) is 13.8. The highest BCUT2D eigenvalue weighted by molar-refractivity contribution is 5.85. The Morgan fingerprint density at radius 3 is 1.90 bits per heavy atom. The second-order valence-corrected chi connectivity index (χ2v) is 10.3. The summed E-state index contributed by atoms with van der Waals surface area (Å²) in [5.41, 5.74) is 12.5. The molecule has 0 unspecified atom stereocenters. The van der Waals surface area contributed by atoms with Crippen LogP contribution in [0.25, 0.3) is 61.9 Å².